The molecule has 18 heavy (non-hydrogen) atoms. The molecule has 1 amide bonds. The van der Waals surface area contributed by atoms with Crippen LogP contribution in [0.2, 0.25) is 0 Å². The zero-order valence-corrected chi connectivity index (χ0v) is 10.7. The summed E-state index contributed by atoms with van der Waals surface area (Å²) in [5, 5.41) is 12.1. The third kappa shape index (κ3) is 4.71. The molecule has 0 spiro atoms. The van der Waals surface area contributed by atoms with E-state index in [2.05, 4.69) is 10.2 Å². The van der Waals surface area contributed by atoms with E-state index in [1.165, 1.54) is 6.07 Å². The Hall–Kier alpha value is -1.62. The number of benzene rings is 1. The average molecular weight is 254 g/mol. The zero-order valence-electron chi connectivity index (χ0n) is 10.7. The highest BCUT2D eigenvalue weighted by molar-refractivity contribution is 5.96. The molecule has 0 bridgehead atoms. The number of hydrogen-bond acceptors (Lipinski definition) is 3. The van der Waals surface area contributed by atoms with Crippen LogP contribution in [0.25, 0.3) is 0 Å². The minimum Gasteiger partial charge on any atom is -0.507 e. The van der Waals surface area contributed by atoms with E-state index in [1.807, 2.05) is 14.1 Å². The number of rotatable bonds is 6. The first-order chi connectivity index (χ1) is 8.50. The van der Waals surface area contributed by atoms with Crippen molar-refractivity contribution in [2.24, 2.45) is 0 Å². The van der Waals surface area contributed by atoms with Gasteiger partial charge in [-0.05, 0) is 45.6 Å². The van der Waals surface area contributed by atoms with Crippen LogP contribution < -0.4 is 5.32 Å². The van der Waals surface area contributed by atoms with Crippen LogP contribution in [-0.2, 0) is 0 Å². The van der Waals surface area contributed by atoms with Gasteiger partial charge in [-0.2, -0.15) is 0 Å². The molecule has 0 radical (unpaired) electrons. The van der Waals surface area contributed by atoms with Crippen molar-refractivity contribution in [1.29, 1.82) is 0 Å². The summed E-state index contributed by atoms with van der Waals surface area (Å²) < 4.78 is 12.7. The number of phenolic OH excluding ortho intramolecular Hbond substituents is 1. The summed E-state index contributed by atoms with van der Waals surface area (Å²) in [7, 11) is 3.99. The van der Waals surface area contributed by atoms with Gasteiger partial charge < -0.3 is 15.3 Å². The van der Waals surface area contributed by atoms with Gasteiger partial charge in [-0.25, -0.2) is 4.39 Å². The Balaban J connectivity index is 2.36. The van der Waals surface area contributed by atoms with Gasteiger partial charge in [0.1, 0.15) is 11.6 Å². The Morgan fingerprint density at radius 1 is 1.39 bits per heavy atom. The number of amides is 1. The van der Waals surface area contributed by atoms with Gasteiger partial charge in [0.2, 0.25) is 0 Å². The number of unbranched alkanes of at least 4 members (excludes halogenated alkanes) is 1. The van der Waals surface area contributed by atoms with Crippen LogP contribution >= 0.6 is 0 Å². The highest BCUT2D eigenvalue weighted by atomic mass is 19.1. The average Bonchev–Trinajstić information content (AvgIpc) is 2.27. The third-order valence-electron chi connectivity index (χ3n) is 2.52. The highest BCUT2D eigenvalue weighted by Gasteiger charge is 2.10. The number of phenols is 1. The first kappa shape index (κ1) is 14.4. The molecule has 0 unspecified atom stereocenters. The normalized spacial score (nSPS) is 10.7. The van der Waals surface area contributed by atoms with E-state index < -0.39 is 5.82 Å². The van der Waals surface area contributed by atoms with E-state index in [1.54, 1.807) is 0 Å². The summed E-state index contributed by atoms with van der Waals surface area (Å²) in [6.07, 6.45) is 1.86. The number of nitrogens with one attached hydrogen (secondary N) is 1. The standard InChI is InChI=1S/C13H19FN2O2/c1-16(2)8-4-3-7-15-13(18)11-6-5-10(14)9-12(11)17/h5-6,9,17H,3-4,7-8H2,1-2H3,(H,15,18). The Kier molecular flexibility index (Phi) is 5.58. The van der Waals surface area contributed by atoms with Crippen LogP contribution in [-0.4, -0.2) is 43.1 Å². The molecular weight excluding hydrogens is 235 g/mol. The Morgan fingerprint density at radius 2 is 2.11 bits per heavy atom. The maximum absolute atomic E-state index is 12.7. The smallest absolute Gasteiger partial charge is 0.255 e. The van der Waals surface area contributed by atoms with Gasteiger partial charge in [0, 0.05) is 12.6 Å². The molecule has 2 N–H and O–H groups in total. The van der Waals surface area contributed by atoms with Crippen molar-refractivity contribution in [3.63, 3.8) is 0 Å². The maximum atomic E-state index is 12.7. The fraction of sp³-hybridized carbons (Fsp3) is 0.462. The van der Waals surface area contributed by atoms with Crippen molar-refractivity contribution in [1.82, 2.24) is 10.2 Å². The van der Waals surface area contributed by atoms with E-state index in [4.69, 9.17) is 0 Å². The maximum Gasteiger partial charge on any atom is 0.255 e. The molecule has 0 aliphatic heterocycles. The second-order valence-electron chi connectivity index (χ2n) is 4.43. The number of hydrogen-bond donors (Lipinski definition) is 2. The molecule has 5 heteroatoms. The van der Waals surface area contributed by atoms with Gasteiger partial charge in [-0.3, -0.25) is 4.79 Å². The fourth-order valence-corrected chi connectivity index (χ4v) is 1.55. The van der Waals surface area contributed by atoms with Crippen LogP contribution in [0.15, 0.2) is 18.2 Å². The summed E-state index contributed by atoms with van der Waals surface area (Å²) in [4.78, 5) is 13.7. The summed E-state index contributed by atoms with van der Waals surface area (Å²) in [6, 6.07) is 3.36. The van der Waals surface area contributed by atoms with Gasteiger partial charge in [0.15, 0.2) is 0 Å². The van der Waals surface area contributed by atoms with Crippen molar-refractivity contribution in [3.05, 3.63) is 29.6 Å². The molecule has 1 aromatic carbocycles. The highest BCUT2D eigenvalue weighted by Crippen LogP contribution is 2.17. The number of carbonyl (C=O) groups is 1. The quantitative estimate of drug-likeness (QED) is 0.758. The van der Waals surface area contributed by atoms with Crippen molar-refractivity contribution in [2.75, 3.05) is 27.2 Å². The molecule has 0 saturated heterocycles. The van der Waals surface area contributed by atoms with E-state index in [0.29, 0.717) is 6.54 Å². The first-order valence-electron chi connectivity index (χ1n) is 5.92. The predicted molar refractivity (Wildman–Crippen MR) is 68.2 cm³/mol. The molecule has 0 fully saturated rings. The lowest BCUT2D eigenvalue weighted by atomic mass is 10.2. The lowest BCUT2D eigenvalue weighted by Crippen LogP contribution is -2.25. The minimum atomic E-state index is -0.560. The van der Waals surface area contributed by atoms with Crippen LogP contribution in [0.5, 0.6) is 5.75 Å². The molecule has 0 aromatic heterocycles. The second kappa shape index (κ2) is 6.96. The van der Waals surface area contributed by atoms with Crippen LogP contribution in [0, 0.1) is 5.82 Å². The van der Waals surface area contributed by atoms with Crippen LogP contribution in [0.1, 0.15) is 23.2 Å². The lowest BCUT2D eigenvalue weighted by molar-refractivity contribution is 0.0950. The summed E-state index contributed by atoms with van der Waals surface area (Å²) in [5.41, 5.74) is 0.101. The van der Waals surface area contributed by atoms with E-state index in [9.17, 15) is 14.3 Å². The van der Waals surface area contributed by atoms with Crippen molar-refractivity contribution in [3.8, 4) is 5.75 Å². The zero-order chi connectivity index (χ0) is 13.5. The largest absolute Gasteiger partial charge is 0.507 e. The van der Waals surface area contributed by atoms with Gasteiger partial charge in [-0.1, -0.05) is 0 Å². The molecule has 1 rings (SSSR count). The molecule has 0 heterocycles. The Labute approximate surface area is 106 Å². The fourth-order valence-electron chi connectivity index (χ4n) is 1.55. The summed E-state index contributed by atoms with van der Waals surface area (Å²) in [6.45, 7) is 1.52. The second-order valence-corrected chi connectivity index (χ2v) is 4.43. The number of carbonyl (C=O) groups excluding carboxylic acids is 1. The summed E-state index contributed by atoms with van der Waals surface area (Å²) in [5.74, 6) is -1.27. The van der Waals surface area contributed by atoms with Crippen molar-refractivity contribution < 1.29 is 14.3 Å². The van der Waals surface area contributed by atoms with Gasteiger partial charge >= 0.3 is 0 Å². The van der Waals surface area contributed by atoms with Crippen molar-refractivity contribution in [2.45, 2.75) is 12.8 Å². The summed E-state index contributed by atoms with van der Waals surface area (Å²) >= 11 is 0. The SMILES string of the molecule is CN(C)CCCCNC(=O)c1ccc(F)cc1O. The molecule has 0 aliphatic carbocycles. The topological polar surface area (TPSA) is 52.6 Å². The van der Waals surface area contributed by atoms with E-state index in [-0.39, 0.29) is 17.2 Å². The molecule has 0 atom stereocenters. The molecule has 0 saturated carbocycles. The van der Waals surface area contributed by atoms with Gasteiger partial charge in [0.05, 0.1) is 5.56 Å². The van der Waals surface area contributed by atoms with Crippen molar-refractivity contribution >= 4 is 5.91 Å². The number of aromatic hydroxyl groups is 1. The molecule has 1 aromatic rings. The predicted octanol–water partition coefficient (Wildman–Crippen LogP) is 1.60. The van der Waals surface area contributed by atoms with Crippen LogP contribution in [0.3, 0.4) is 0 Å². The Bertz CT molecular complexity index is 408. The molecular formula is C13H19FN2O2. The minimum absolute atomic E-state index is 0.101. The first-order valence-corrected chi connectivity index (χ1v) is 5.92. The van der Waals surface area contributed by atoms with Crippen LogP contribution in [0.4, 0.5) is 4.39 Å². The molecule has 0 aliphatic rings. The molecule has 100 valence electrons. The lowest BCUT2D eigenvalue weighted by Gasteiger charge is -2.10. The number of halogens is 1. The van der Waals surface area contributed by atoms with E-state index >= 15 is 0 Å². The monoisotopic (exact) mass is 254 g/mol. The van der Waals surface area contributed by atoms with E-state index in [0.717, 1.165) is 31.5 Å². The Morgan fingerprint density at radius 3 is 2.72 bits per heavy atom. The number of nitrogens with zero attached hydrogens (tertiary/aromatic N) is 1. The van der Waals surface area contributed by atoms with Gasteiger partial charge in [0.25, 0.3) is 5.91 Å². The molecule has 4 nitrogen and oxygen atoms in total. The third-order valence-corrected chi connectivity index (χ3v) is 2.52. The van der Waals surface area contributed by atoms with Gasteiger partial charge in [-0.15, -0.1) is 0 Å².